The van der Waals surface area contributed by atoms with E-state index in [2.05, 4.69) is 4.74 Å². The Labute approximate surface area is 73.2 Å². The van der Waals surface area contributed by atoms with Crippen molar-refractivity contribution in [2.75, 3.05) is 7.11 Å². The minimum Gasteiger partial charge on any atom is -0.504 e. The highest BCUT2D eigenvalue weighted by Crippen LogP contribution is 2.30. The van der Waals surface area contributed by atoms with Gasteiger partial charge in [0.15, 0.2) is 11.5 Å². The second-order valence-electron chi connectivity index (χ2n) is 2.31. The lowest BCUT2D eigenvalue weighted by Crippen LogP contribution is -1.99. The Morgan fingerprint density at radius 2 is 2.15 bits per heavy atom. The third-order valence-corrected chi connectivity index (χ3v) is 1.49. The molecule has 0 heterocycles. The highest BCUT2D eigenvalue weighted by molar-refractivity contribution is 5.91. The summed E-state index contributed by atoms with van der Waals surface area (Å²) in [5.74, 6) is -2.95. The van der Waals surface area contributed by atoms with Gasteiger partial charge in [0.1, 0.15) is 11.4 Å². The number of benzene rings is 1. The van der Waals surface area contributed by atoms with Gasteiger partial charge in [-0.05, 0) is 6.07 Å². The molecule has 13 heavy (non-hydrogen) atoms. The summed E-state index contributed by atoms with van der Waals surface area (Å²) in [5.41, 5.74) is -0.517. The summed E-state index contributed by atoms with van der Waals surface area (Å²) >= 11 is 0. The molecule has 4 nitrogen and oxygen atoms in total. The molecule has 1 rings (SSSR count). The van der Waals surface area contributed by atoms with E-state index in [-0.39, 0.29) is 5.75 Å². The summed E-state index contributed by atoms with van der Waals surface area (Å²) in [6.07, 6.45) is 0. The maximum Gasteiger partial charge on any atom is 0.339 e. The average Bonchev–Trinajstić information content (AvgIpc) is 2.08. The molecule has 0 atom stereocenters. The van der Waals surface area contributed by atoms with Gasteiger partial charge in [0.05, 0.1) is 7.11 Å². The summed E-state index contributed by atoms with van der Waals surface area (Å²) in [7, 11) is 1.21. The fourth-order valence-electron chi connectivity index (χ4n) is 0.893. The van der Waals surface area contributed by atoms with Crippen molar-refractivity contribution >= 4 is 5.97 Å². The number of aromatic carboxylic acids is 1. The Balaban J connectivity index is 3.35. The standard InChI is InChI=1S/C8H7FO4/c1-13-6-3-4(9)2-5(7(6)10)8(11)12/h2-3,10H,1H3,(H,11,12). The number of halogens is 1. The molecule has 1 aromatic carbocycles. The number of hydrogen-bond donors (Lipinski definition) is 2. The van der Waals surface area contributed by atoms with E-state index in [9.17, 15) is 14.3 Å². The summed E-state index contributed by atoms with van der Waals surface area (Å²) < 4.78 is 17.3. The monoisotopic (exact) mass is 186 g/mol. The molecule has 0 amide bonds. The molecule has 2 N–H and O–H groups in total. The number of phenols is 1. The van der Waals surface area contributed by atoms with Gasteiger partial charge in [-0.1, -0.05) is 0 Å². The summed E-state index contributed by atoms with van der Waals surface area (Å²) in [5, 5.41) is 17.7. The van der Waals surface area contributed by atoms with Gasteiger partial charge in [-0.15, -0.1) is 0 Å². The van der Waals surface area contributed by atoms with Gasteiger partial charge < -0.3 is 14.9 Å². The minimum absolute atomic E-state index is 0.197. The van der Waals surface area contributed by atoms with Gasteiger partial charge >= 0.3 is 5.97 Å². The first-order chi connectivity index (χ1) is 6.06. The SMILES string of the molecule is COc1cc(F)cc(C(=O)O)c1O. The molecule has 0 unspecified atom stereocenters. The molecular weight excluding hydrogens is 179 g/mol. The third kappa shape index (κ3) is 1.69. The van der Waals surface area contributed by atoms with Crippen molar-refractivity contribution in [3.63, 3.8) is 0 Å². The number of carboxylic acid groups (broad SMARTS) is 1. The van der Waals surface area contributed by atoms with E-state index in [0.717, 1.165) is 12.1 Å². The highest BCUT2D eigenvalue weighted by Gasteiger charge is 2.15. The number of carbonyl (C=O) groups is 1. The van der Waals surface area contributed by atoms with E-state index in [4.69, 9.17) is 5.11 Å². The van der Waals surface area contributed by atoms with Crippen molar-refractivity contribution in [1.82, 2.24) is 0 Å². The predicted molar refractivity (Wildman–Crippen MR) is 41.6 cm³/mol. The van der Waals surface area contributed by atoms with Crippen LogP contribution in [0.1, 0.15) is 10.4 Å². The molecular formula is C8H7FO4. The Morgan fingerprint density at radius 3 is 2.62 bits per heavy atom. The molecule has 0 aliphatic heterocycles. The first-order valence-electron chi connectivity index (χ1n) is 3.36. The third-order valence-electron chi connectivity index (χ3n) is 1.49. The average molecular weight is 186 g/mol. The molecule has 0 aliphatic carbocycles. The van der Waals surface area contributed by atoms with Crippen LogP contribution in [0.25, 0.3) is 0 Å². The van der Waals surface area contributed by atoms with Gasteiger partial charge in [-0.2, -0.15) is 0 Å². The van der Waals surface area contributed by atoms with Crippen molar-refractivity contribution in [1.29, 1.82) is 0 Å². The number of ether oxygens (including phenoxy) is 1. The van der Waals surface area contributed by atoms with E-state index >= 15 is 0 Å². The fraction of sp³-hybridized carbons (Fsp3) is 0.125. The molecule has 0 bridgehead atoms. The predicted octanol–water partition coefficient (Wildman–Crippen LogP) is 1.24. The lowest BCUT2D eigenvalue weighted by Gasteiger charge is -2.05. The summed E-state index contributed by atoms with van der Waals surface area (Å²) in [6, 6.07) is 1.63. The molecule has 0 saturated carbocycles. The second-order valence-corrected chi connectivity index (χ2v) is 2.31. The van der Waals surface area contributed by atoms with E-state index < -0.39 is 23.1 Å². The van der Waals surface area contributed by atoms with Crippen LogP contribution in [-0.2, 0) is 0 Å². The number of methoxy groups -OCH3 is 1. The summed E-state index contributed by atoms with van der Waals surface area (Å²) in [6.45, 7) is 0. The molecule has 0 aliphatic rings. The molecule has 70 valence electrons. The van der Waals surface area contributed by atoms with Crippen molar-refractivity contribution in [2.24, 2.45) is 0 Å². The first kappa shape index (κ1) is 9.31. The van der Waals surface area contributed by atoms with Crippen LogP contribution in [-0.4, -0.2) is 23.3 Å². The van der Waals surface area contributed by atoms with E-state index in [0.29, 0.717) is 0 Å². The zero-order valence-electron chi connectivity index (χ0n) is 6.74. The molecule has 0 aromatic heterocycles. The maximum absolute atomic E-state index is 12.7. The molecule has 0 saturated heterocycles. The van der Waals surface area contributed by atoms with Crippen molar-refractivity contribution in [2.45, 2.75) is 0 Å². The van der Waals surface area contributed by atoms with Crippen LogP contribution in [0.3, 0.4) is 0 Å². The highest BCUT2D eigenvalue weighted by atomic mass is 19.1. The van der Waals surface area contributed by atoms with Crippen LogP contribution in [0.4, 0.5) is 4.39 Å². The van der Waals surface area contributed by atoms with Crippen LogP contribution in [0.2, 0.25) is 0 Å². The van der Waals surface area contributed by atoms with E-state index in [1.807, 2.05) is 0 Å². The number of carboxylic acids is 1. The zero-order chi connectivity index (χ0) is 10.0. The van der Waals surface area contributed by atoms with Gasteiger partial charge in [0, 0.05) is 6.07 Å². The Kier molecular flexibility index (Phi) is 2.36. The van der Waals surface area contributed by atoms with Crippen LogP contribution in [0.5, 0.6) is 11.5 Å². The quantitative estimate of drug-likeness (QED) is 0.729. The smallest absolute Gasteiger partial charge is 0.339 e. The molecule has 0 fully saturated rings. The topological polar surface area (TPSA) is 66.8 Å². The van der Waals surface area contributed by atoms with Gasteiger partial charge in [0.25, 0.3) is 0 Å². The van der Waals surface area contributed by atoms with E-state index in [1.165, 1.54) is 7.11 Å². The molecule has 5 heteroatoms. The lowest BCUT2D eigenvalue weighted by atomic mass is 10.2. The largest absolute Gasteiger partial charge is 0.504 e. The van der Waals surface area contributed by atoms with Crippen LogP contribution in [0, 0.1) is 5.82 Å². The number of hydrogen-bond acceptors (Lipinski definition) is 3. The fourth-order valence-corrected chi connectivity index (χ4v) is 0.893. The van der Waals surface area contributed by atoms with Crippen LogP contribution in [0.15, 0.2) is 12.1 Å². The van der Waals surface area contributed by atoms with Gasteiger partial charge in [-0.25, -0.2) is 9.18 Å². The number of rotatable bonds is 2. The second kappa shape index (κ2) is 3.30. The maximum atomic E-state index is 12.7. The van der Waals surface area contributed by atoms with Gasteiger partial charge in [0.2, 0.25) is 0 Å². The molecule has 0 radical (unpaired) electrons. The Morgan fingerprint density at radius 1 is 1.54 bits per heavy atom. The minimum atomic E-state index is -1.41. The first-order valence-corrected chi connectivity index (χ1v) is 3.36. The lowest BCUT2D eigenvalue weighted by molar-refractivity contribution is 0.0692. The van der Waals surface area contributed by atoms with Crippen molar-refractivity contribution < 1.29 is 24.1 Å². The zero-order valence-corrected chi connectivity index (χ0v) is 6.74. The van der Waals surface area contributed by atoms with Gasteiger partial charge in [-0.3, -0.25) is 0 Å². The summed E-state index contributed by atoms with van der Waals surface area (Å²) in [4.78, 5) is 10.5. The van der Waals surface area contributed by atoms with Crippen LogP contribution >= 0.6 is 0 Å². The Hall–Kier alpha value is -1.78. The van der Waals surface area contributed by atoms with E-state index in [1.54, 1.807) is 0 Å². The normalized spacial score (nSPS) is 9.69. The van der Waals surface area contributed by atoms with Crippen molar-refractivity contribution in [3.05, 3.63) is 23.5 Å². The Bertz CT molecular complexity index is 348. The van der Waals surface area contributed by atoms with Crippen LogP contribution < -0.4 is 4.74 Å². The molecule has 0 spiro atoms. The molecule has 1 aromatic rings. The van der Waals surface area contributed by atoms with Crippen molar-refractivity contribution in [3.8, 4) is 11.5 Å². The number of aromatic hydroxyl groups is 1.